The molecule has 162 valence electrons. The number of pyridine rings is 1. The smallest absolute Gasteiger partial charge is 0.420 e. The highest BCUT2D eigenvalue weighted by Crippen LogP contribution is 2.46. The van der Waals surface area contributed by atoms with Gasteiger partial charge in [-0.3, -0.25) is 9.59 Å². The fourth-order valence-electron chi connectivity index (χ4n) is 3.67. The van der Waals surface area contributed by atoms with Crippen LogP contribution in [0.25, 0.3) is 0 Å². The molecule has 5 nitrogen and oxygen atoms in total. The summed E-state index contributed by atoms with van der Waals surface area (Å²) in [6.07, 6.45) is -10.8. The molecule has 0 saturated heterocycles. The van der Waals surface area contributed by atoms with Gasteiger partial charge in [0.05, 0.1) is 17.7 Å². The number of H-pyrrole nitrogens is 1. The number of hydrogen-bond acceptors (Lipinski definition) is 3. The normalized spacial score (nSPS) is 14.8. The van der Waals surface area contributed by atoms with Crippen molar-refractivity contribution in [3.05, 3.63) is 61.6 Å². The molecule has 2 aromatic rings. The van der Waals surface area contributed by atoms with Crippen molar-refractivity contribution in [2.24, 2.45) is 0 Å². The zero-order valence-corrected chi connectivity index (χ0v) is 15.8. The van der Waals surface area contributed by atoms with Gasteiger partial charge in [-0.1, -0.05) is 0 Å². The molecule has 0 saturated carbocycles. The number of benzene rings is 1. The number of amides is 1. The standard InChI is InChI=1S/C19H16F6N2O3/c1-8-5-9(2)26-16(29)11(8)7-27-4-3-10-12(18(20,21)22)6-13(28)15(19(23,24)25)14(10)17(27)30/h5-6,28H,3-4,7H2,1-2H3,(H,26,29). The zero-order valence-electron chi connectivity index (χ0n) is 15.8. The molecule has 3 rings (SSSR count). The number of nitrogens with zero attached hydrogens (tertiary/aromatic N) is 1. The molecular formula is C19H16F6N2O3. The second-order valence-electron chi connectivity index (χ2n) is 7.09. The van der Waals surface area contributed by atoms with Crippen molar-refractivity contribution in [3.8, 4) is 5.75 Å². The molecule has 0 atom stereocenters. The number of aromatic amines is 1. The van der Waals surface area contributed by atoms with E-state index >= 15 is 0 Å². The van der Waals surface area contributed by atoms with Gasteiger partial charge in [-0.15, -0.1) is 0 Å². The number of rotatable bonds is 2. The molecule has 0 fully saturated rings. The molecule has 0 spiro atoms. The summed E-state index contributed by atoms with van der Waals surface area (Å²) in [5.74, 6) is -3.00. The van der Waals surface area contributed by atoms with Crippen molar-refractivity contribution in [1.82, 2.24) is 9.88 Å². The summed E-state index contributed by atoms with van der Waals surface area (Å²) in [6, 6.07) is 1.60. The van der Waals surface area contributed by atoms with E-state index in [1.54, 1.807) is 19.9 Å². The van der Waals surface area contributed by atoms with Crippen LogP contribution in [0.5, 0.6) is 5.75 Å². The maximum absolute atomic E-state index is 13.5. The number of nitrogens with one attached hydrogen (secondary N) is 1. The van der Waals surface area contributed by atoms with E-state index in [2.05, 4.69) is 4.98 Å². The number of aromatic hydroxyl groups is 1. The summed E-state index contributed by atoms with van der Waals surface area (Å²) in [6.45, 7) is 2.50. The molecule has 1 aliphatic heterocycles. The van der Waals surface area contributed by atoms with E-state index in [4.69, 9.17) is 0 Å². The quantitative estimate of drug-likeness (QED) is 0.704. The summed E-state index contributed by atoms with van der Waals surface area (Å²) >= 11 is 0. The van der Waals surface area contributed by atoms with E-state index in [9.17, 15) is 41.0 Å². The lowest BCUT2D eigenvalue weighted by atomic mass is 9.88. The molecule has 2 heterocycles. The first-order valence-corrected chi connectivity index (χ1v) is 8.73. The Morgan fingerprint density at radius 2 is 1.70 bits per heavy atom. The zero-order chi connectivity index (χ0) is 22.6. The van der Waals surface area contributed by atoms with Gasteiger partial charge in [0.25, 0.3) is 11.5 Å². The van der Waals surface area contributed by atoms with Gasteiger partial charge in [0.2, 0.25) is 0 Å². The Labute approximate surface area is 165 Å². The van der Waals surface area contributed by atoms with E-state index < -0.39 is 58.2 Å². The summed E-state index contributed by atoms with van der Waals surface area (Å²) in [5.41, 5.74) is -4.76. The Morgan fingerprint density at radius 1 is 1.07 bits per heavy atom. The van der Waals surface area contributed by atoms with Crippen LogP contribution in [-0.4, -0.2) is 27.4 Å². The van der Waals surface area contributed by atoms with Crippen LogP contribution in [0, 0.1) is 13.8 Å². The molecule has 11 heteroatoms. The first-order valence-electron chi connectivity index (χ1n) is 8.73. The Kier molecular flexibility index (Phi) is 5.11. The van der Waals surface area contributed by atoms with Gasteiger partial charge >= 0.3 is 12.4 Å². The van der Waals surface area contributed by atoms with Gasteiger partial charge in [0.15, 0.2) is 0 Å². The lowest BCUT2D eigenvalue weighted by Gasteiger charge is -2.32. The number of alkyl halides is 6. The van der Waals surface area contributed by atoms with Crippen molar-refractivity contribution < 1.29 is 36.2 Å². The minimum atomic E-state index is -5.26. The number of phenolic OH excluding ortho intramolecular Hbond substituents is 1. The molecule has 1 aromatic heterocycles. The Balaban J connectivity index is 2.16. The maximum Gasteiger partial charge on any atom is 0.420 e. The van der Waals surface area contributed by atoms with Crippen LogP contribution in [0.2, 0.25) is 0 Å². The van der Waals surface area contributed by atoms with Crippen LogP contribution < -0.4 is 5.56 Å². The number of fused-ring (bicyclic) bond motifs is 1. The molecular weight excluding hydrogens is 418 g/mol. The maximum atomic E-state index is 13.5. The van der Waals surface area contributed by atoms with Crippen LogP contribution in [0.1, 0.15) is 43.9 Å². The summed E-state index contributed by atoms with van der Waals surface area (Å²) in [5, 5.41) is 9.71. The Morgan fingerprint density at radius 3 is 2.23 bits per heavy atom. The van der Waals surface area contributed by atoms with E-state index in [0.29, 0.717) is 11.3 Å². The molecule has 0 unspecified atom stereocenters. The van der Waals surface area contributed by atoms with E-state index in [-0.39, 0.29) is 24.7 Å². The second-order valence-corrected chi connectivity index (χ2v) is 7.09. The highest BCUT2D eigenvalue weighted by atomic mass is 19.4. The largest absolute Gasteiger partial charge is 0.507 e. The van der Waals surface area contributed by atoms with E-state index in [1.807, 2.05) is 0 Å². The number of aromatic nitrogens is 1. The molecule has 30 heavy (non-hydrogen) atoms. The first-order chi connectivity index (χ1) is 13.7. The minimum Gasteiger partial charge on any atom is -0.507 e. The van der Waals surface area contributed by atoms with Gasteiger partial charge in [-0.05, 0) is 43.5 Å². The van der Waals surface area contributed by atoms with Crippen molar-refractivity contribution in [2.45, 2.75) is 39.2 Å². The monoisotopic (exact) mass is 434 g/mol. The summed E-state index contributed by atoms with van der Waals surface area (Å²) in [7, 11) is 0. The van der Waals surface area contributed by atoms with Crippen LogP contribution in [-0.2, 0) is 25.3 Å². The fraction of sp³-hybridized carbons (Fsp3) is 0.368. The molecule has 0 bridgehead atoms. The predicted octanol–water partition coefficient (Wildman–Crippen LogP) is 3.93. The number of halogens is 6. The highest BCUT2D eigenvalue weighted by Gasteiger charge is 2.46. The van der Waals surface area contributed by atoms with Gasteiger partial charge in [-0.25, -0.2) is 0 Å². The molecule has 0 radical (unpaired) electrons. The van der Waals surface area contributed by atoms with Gasteiger partial charge in [-0.2, -0.15) is 26.3 Å². The molecule has 1 aliphatic rings. The van der Waals surface area contributed by atoms with Gasteiger partial charge in [0.1, 0.15) is 11.3 Å². The Bertz CT molecular complexity index is 1090. The molecule has 1 amide bonds. The van der Waals surface area contributed by atoms with E-state index in [0.717, 1.165) is 4.90 Å². The van der Waals surface area contributed by atoms with Crippen LogP contribution in [0.4, 0.5) is 26.3 Å². The van der Waals surface area contributed by atoms with E-state index in [1.165, 1.54) is 0 Å². The molecule has 2 N–H and O–H groups in total. The van der Waals surface area contributed by atoms with Crippen molar-refractivity contribution in [2.75, 3.05) is 6.54 Å². The Hall–Kier alpha value is -2.98. The second kappa shape index (κ2) is 7.06. The highest BCUT2D eigenvalue weighted by molar-refractivity contribution is 5.99. The average Bonchev–Trinajstić information content (AvgIpc) is 2.57. The minimum absolute atomic E-state index is 0.000570. The third kappa shape index (κ3) is 3.75. The SMILES string of the molecule is Cc1cc(C)c(CN2CCc3c(C(F)(F)F)cc(O)c(C(F)(F)F)c3C2=O)c(=O)[nH]1. The van der Waals surface area contributed by atoms with Crippen LogP contribution >= 0.6 is 0 Å². The van der Waals surface area contributed by atoms with Crippen molar-refractivity contribution in [1.29, 1.82) is 0 Å². The lowest BCUT2D eigenvalue weighted by molar-refractivity contribution is -0.143. The number of carbonyl (C=O) groups is 1. The topological polar surface area (TPSA) is 73.4 Å². The third-order valence-electron chi connectivity index (χ3n) is 4.98. The van der Waals surface area contributed by atoms with Crippen LogP contribution in [0.3, 0.4) is 0 Å². The first kappa shape index (κ1) is 21.7. The third-order valence-corrected chi connectivity index (χ3v) is 4.98. The number of phenols is 1. The van der Waals surface area contributed by atoms with Gasteiger partial charge < -0.3 is 15.0 Å². The average molecular weight is 434 g/mol. The fourth-order valence-corrected chi connectivity index (χ4v) is 3.67. The number of carbonyl (C=O) groups excluding carboxylic acids is 1. The predicted molar refractivity (Wildman–Crippen MR) is 93.1 cm³/mol. The van der Waals surface area contributed by atoms with Crippen molar-refractivity contribution in [3.63, 3.8) is 0 Å². The summed E-state index contributed by atoms with van der Waals surface area (Å²) in [4.78, 5) is 28.4. The van der Waals surface area contributed by atoms with Gasteiger partial charge in [0, 0.05) is 17.8 Å². The molecule has 0 aliphatic carbocycles. The molecule has 1 aromatic carbocycles. The summed E-state index contributed by atoms with van der Waals surface area (Å²) < 4.78 is 80.5. The van der Waals surface area contributed by atoms with Crippen LogP contribution in [0.15, 0.2) is 16.9 Å². The van der Waals surface area contributed by atoms with Crippen molar-refractivity contribution >= 4 is 5.91 Å². The number of hydrogen-bond donors (Lipinski definition) is 2. The number of aryl methyl sites for hydroxylation is 2. The lowest BCUT2D eigenvalue weighted by Crippen LogP contribution is -2.41.